The number of nitrogens with two attached hydrogens (primary N) is 1. The summed E-state index contributed by atoms with van der Waals surface area (Å²) in [4.78, 5) is 16.5. The van der Waals surface area contributed by atoms with E-state index < -0.39 is 11.7 Å². The number of carbonyl (C=O) groups excluding carboxylic acids is 1. The number of rotatable bonds is 4. The van der Waals surface area contributed by atoms with Crippen molar-refractivity contribution in [1.82, 2.24) is 10.3 Å². The normalized spacial score (nSPS) is 10.5. The van der Waals surface area contributed by atoms with E-state index >= 15 is 0 Å². The number of benzene rings is 2. The lowest BCUT2D eigenvalue weighted by atomic mass is 10.1. The Kier molecular flexibility index (Phi) is 4.34. The number of carbonyl (C=O) groups is 1. The second-order valence-electron chi connectivity index (χ2n) is 4.88. The molecule has 3 aromatic rings. The largest absolute Gasteiger partial charge is 0.396 e. The third kappa shape index (κ3) is 3.22. The summed E-state index contributed by atoms with van der Waals surface area (Å²) in [6.07, 6.45) is 1.74. The molecular weight excluding hydrogens is 313 g/mol. The van der Waals surface area contributed by atoms with E-state index in [1.165, 1.54) is 29.5 Å². The van der Waals surface area contributed by atoms with Crippen LogP contribution in [0.3, 0.4) is 0 Å². The summed E-state index contributed by atoms with van der Waals surface area (Å²) in [5, 5.41) is 5.57. The van der Waals surface area contributed by atoms with Crippen LogP contribution in [0, 0.1) is 5.82 Å². The number of nitrogen functional groups attached to an aromatic ring is 1. The highest BCUT2D eigenvalue weighted by molar-refractivity contribution is 7.13. The summed E-state index contributed by atoms with van der Waals surface area (Å²) in [5.41, 5.74) is 7.51. The molecule has 0 saturated heterocycles. The Balaban J connectivity index is 1.79. The lowest BCUT2D eigenvalue weighted by Gasteiger charge is -2.10. The Labute approximate surface area is 136 Å². The quantitative estimate of drug-likeness (QED) is 0.721. The molecule has 1 aromatic heterocycles. The molecule has 3 rings (SSSR count). The number of nitrogens with one attached hydrogen (secondary N) is 1. The van der Waals surface area contributed by atoms with E-state index in [0.717, 1.165) is 16.1 Å². The zero-order valence-corrected chi connectivity index (χ0v) is 12.9. The summed E-state index contributed by atoms with van der Waals surface area (Å²) in [6, 6.07) is 11.9. The van der Waals surface area contributed by atoms with Crippen LogP contribution in [0.2, 0.25) is 0 Å². The van der Waals surface area contributed by atoms with Crippen LogP contribution in [-0.2, 0) is 6.54 Å². The van der Waals surface area contributed by atoms with Crippen molar-refractivity contribution in [2.75, 3.05) is 5.73 Å². The summed E-state index contributed by atoms with van der Waals surface area (Å²) < 4.78 is 13.4. The maximum atomic E-state index is 13.4. The van der Waals surface area contributed by atoms with E-state index in [9.17, 15) is 9.18 Å². The average Bonchev–Trinajstić information content (AvgIpc) is 3.10. The van der Waals surface area contributed by atoms with Crippen LogP contribution in [0.4, 0.5) is 10.1 Å². The SMILES string of the molecule is Nc1c(F)cccc1C(=O)NCc1ccccc1-c1nccs1. The van der Waals surface area contributed by atoms with Gasteiger partial charge in [-0.2, -0.15) is 0 Å². The van der Waals surface area contributed by atoms with Crippen LogP contribution in [0.15, 0.2) is 54.0 Å². The van der Waals surface area contributed by atoms with Crippen LogP contribution in [0.5, 0.6) is 0 Å². The predicted octanol–water partition coefficient (Wildman–Crippen LogP) is 3.46. The highest BCUT2D eigenvalue weighted by atomic mass is 32.1. The molecule has 116 valence electrons. The fraction of sp³-hybridized carbons (Fsp3) is 0.0588. The molecule has 23 heavy (non-hydrogen) atoms. The monoisotopic (exact) mass is 327 g/mol. The fourth-order valence-electron chi connectivity index (χ4n) is 2.25. The first kappa shape index (κ1) is 15.2. The van der Waals surface area contributed by atoms with Crippen molar-refractivity contribution in [2.45, 2.75) is 6.54 Å². The van der Waals surface area contributed by atoms with Crippen LogP contribution >= 0.6 is 11.3 Å². The van der Waals surface area contributed by atoms with E-state index in [0.29, 0.717) is 6.54 Å². The second kappa shape index (κ2) is 6.58. The standard InChI is InChI=1S/C17H14FN3OS/c18-14-7-3-6-13(15(14)19)16(22)21-10-11-4-1-2-5-12(11)17-20-8-9-23-17/h1-9H,10,19H2,(H,21,22). The number of nitrogens with zero attached hydrogens (tertiary/aromatic N) is 1. The molecule has 6 heteroatoms. The van der Waals surface area contributed by atoms with Gasteiger partial charge in [-0.25, -0.2) is 9.37 Å². The number of amides is 1. The first-order valence-electron chi connectivity index (χ1n) is 6.97. The molecule has 0 aliphatic rings. The minimum atomic E-state index is -0.596. The molecule has 0 aliphatic heterocycles. The van der Waals surface area contributed by atoms with Gasteiger partial charge in [0.25, 0.3) is 5.91 Å². The van der Waals surface area contributed by atoms with Gasteiger partial charge < -0.3 is 11.1 Å². The van der Waals surface area contributed by atoms with Crippen molar-refractivity contribution in [2.24, 2.45) is 0 Å². The highest BCUT2D eigenvalue weighted by Crippen LogP contribution is 2.25. The molecule has 3 N–H and O–H groups in total. The summed E-state index contributed by atoms with van der Waals surface area (Å²) >= 11 is 1.53. The Morgan fingerprint density at radius 1 is 1.22 bits per heavy atom. The second-order valence-corrected chi connectivity index (χ2v) is 5.77. The van der Waals surface area contributed by atoms with Gasteiger partial charge in [0.1, 0.15) is 10.8 Å². The van der Waals surface area contributed by atoms with Crippen molar-refractivity contribution in [1.29, 1.82) is 0 Å². The Morgan fingerprint density at radius 2 is 2.04 bits per heavy atom. The molecular formula is C17H14FN3OS. The maximum absolute atomic E-state index is 13.4. The molecule has 0 radical (unpaired) electrons. The van der Waals surface area contributed by atoms with E-state index in [2.05, 4.69) is 10.3 Å². The molecule has 0 fully saturated rings. The third-order valence-electron chi connectivity index (χ3n) is 3.42. The van der Waals surface area contributed by atoms with Gasteiger partial charge in [0, 0.05) is 23.7 Å². The average molecular weight is 327 g/mol. The van der Waals surface area contributed by atoms with Gasteiger partial charge in [0.05, 0.1) is 11.3 Å². The molecule has 4 nitrogen and oxygen atoms in total. The zero-order valence-electron chi connectivity index (χ0n) is 12.1. The smallest absolute Gasteiger partial charge is 0.253 e. The van der Waals surface area contributed by atoms with Crippen molar-refractivity contribution in [3.8, 4) is 10.6 Å². The topological polar surface area (TPSA) is 68.0 Å². The van der Waals surface area contributed by atoms with E-state index in [1.807, 2.05) is 29.6 Å². The molecule has 2 aromatic carbocycles. The fourth-order valence-corrected chi connectivity index (χ4v) is 2.94. The summed E-state index contributed by atoms with van der Waals surface area (Å²) in [6.45, 7) is 0.310. The molecule has 0 bridgehead atoms. The molecule has 1 heterocycles. The Bertz CT molecular complexity index is 834. The first-order valence-corrected chi connectivity index (χ1v) is 7.84. The molecule has 0 spiro atoms. The molecule has 0 unspecified atom stereocenters. The van der Waals surface area contributed by atoms with Gasteiger partial charge in [-0.3, -0.25) is 4.79 Å². The molecule has 0 atom stereocenters. The van der Waals surface area contributed by atoms with Crippen molar-refractivity contribution >= 4 is 22.9 Å². The number of anilines is 1. The maximum Gasteiger partial charge on any atom is 0.253 e. The van der Waals surface area contributed by atoms with Crippen molar-refractivity contribution < 1.29 is 9.18 Å². The molecule has 0 aliphatic carbocycles. The molecule has 1 amide bonds. The zero-order chi connectivity index (χ0) is 16.2. The van der Waals surface area contributed by atoms with E-state index in [4.69, 9.17) is 5.73 Å². The van der Waals surface area contributed by atoms with Crippen LogP contribution in [0.1, 0.15) is 15.9 Å². The van der Waals surface area contributed by atoms with Crippen molar-refractivity contribution in [3.63, 3.8) is 0 Å². The highest BCUT2D eigenvalue weighted by Gasteiger charge is 2.13. The summed E-state index contributed by atoms with van der Waals surface area (Å²) in [5.74, 6) is -1.00. The van der Waals surface area contributed by atoms with E-state index in [-0.39, 0.29) is 11.3 Å². The predicted molar refractivity (Wildman–Crippen MR) is 89.5 cm³/mol. The Morgan fingerprint density at radius 3 is 2.83 bits per heavy atom. The van der Waals surface area contributed by atoms with Crippen LogP contribution in [0.25, 0.3) is 10.6 Å². The number of hydrogen-bond acceptors (Lipinski definition) is 4. The van der Waals surface area contributed by atoms with Gasteiger partial charge in [-0.15, -0.1) is 11.3 Å². The lowest BCUT2D eigenvalue weighted by Crippen LogP contribution is -2.24. The third-order valence-corrected chi connectivity index (χ3v) is 4.22. The van der Waals surface area contributed by atoms with Gasteiger partial charge >= 0.3 is 0 Å². The van der Waals surface area contributed by atoms with Gasteiger partial charge in [0.15, 0.2) is 0 Å². The van der Waals surface area contributed by atoms with Gasteiger partial charge in [-0.05, 0) is 17.7 Å². The van der Waals surface area contributed by atoms with Crippen molar-refractivity contribution in [3.05, 3.63) is 71.0 Å². The lowest BCUT2D eigenvalue weighted by molar-refractivity contribution is 0.0951. The number of halogens is 1. The van der Waals surface area contributed by atoms with Crippen LogP contribution < -0.4 is 11.1 Å². The molecule has 0 saturated carbocycles. The number of para-hydroxylation sites is 1. The van der Waals surface area contributed by atoms with Gasteiger partial charge in [-0.1, -0.05) is 30.3 Å². The number of aromatic nitrogens is 1. The minimum absolute atomic E-state index is 0.136. The minimum Gasteiger partial charge on any atom is -0.396 e. The Hall–Kier alpha value is -2.73. The van der Waals surface area contributed by atoms with Gasteiger partial charge in [0.2, 0.25) is 0 Å². The summed E-state index contributed by atoms with van der Waals surface area (Å²) in [7, 11) is 0. The number of thiazole rings is 1. The van der Waals surface area contributed by atoms with E-state index in [1.54, 1.807) is 6.20 Å². The number of hydrogen-bond donors (Lipinski definition) is 2. The first-order chi connectivity index (χ1) is 11.2. The van der Waals surface area contributed by atoms with Crippen LogP contribution in [-0.4, -0.2) is 10.9 Å².